The van der Waals surface area contributed by atoms with Crippen LogP contribution in [0.2, 0.25) is 0 Å². The summed E-state index contributed by atoms with van der Waals surface area (Å²) in [6.45, 7) is 10.2. The zero-order valence-corrected chi connectivity index (χ0v) is 13.0. The predicted molar refractivity (Wildman–Crippen MR) is 81.8 cm³/mol. The highest BCUT2D eigenvalue weighted by molar-refractivity contribution is 5.94. The van der Waals surface area contributed by atoms with Crippen LogP contribution < -0.4 is 9.64 Å². The zero-order chi connectivity index (χ0) is 15.3. The number of methoxy groups -OCH3 is 1. The second-order valence-corrected chi connectivity index (χ2v) is 5.88. The van der Waals surface area contributed by atoms with Crippen LogP contribution in [-0.4, -0.2) is 31.3 Å². The summed E-state index contributed by atoms with van der Waals surface area (Å²) in [6.07, 6.45) is 0. The van der Waals surface area contributed by atoms with E-state index in [1.54, 1.807) is 19.2 Å². The molecule has 0 radical (unpaired) electrons. The molecule has 112 valence electrons. The fourth-order valence-corrected chi connectivity index (χ4v) is 2.23. The minimum atomic E-state index is -0.903. The number of carbonyl (C=O) groups is 1. The maximum Gasteiger partial charge on any atom is 0.337 e. The van der Waals surface area contributed by atoms with Gasteiger partial charge in [0.05, 0.1) is 18.4 Å². The lowest BCUT2D eigenvalue weighted by atomic mass is 10.1. The number of anilines is 1. The molecule has 4 heteroatoms. The lowest BCUT2D eigenvalue weighted by Crippen LogP contribution is -2.32. The number of ether oxygens (including phenoxy) is 1. The Balaban J connectivity index is 3.23. The van der Waals surface area contributed by atoms with Gasteiger partial charge in [-0.3, -0.25) is 0 Å². The SMILES string of the molecule is COc1ccc(C(=O)O)c(N(CC(C)C)CC(C)C)c1. The summed E-state index contributed by atoms with van der Waals surface area (Å²) in [7, 11) is 1.59. The second-order valence-electron chi connectivity index (χ2n) is 5.88. The van der Waals surface area contributed by atoms with Crippen molar-refractivity contribution in [2.24, 2.45) is 11.8 Å². The van der Waals surface area contributed by atoms with E-state index in [0.717, 1.165) is 18.8 Å². The third-order valence-corrected chi connectivity index (χ3v) is 2.95. The Hall–Kier alpha value is -1.71. The highest BCUT2D eigenvalue weighted by Crippen LogP contribution is 2.27. The van der Waals surface area contributed by atoms with Gasteiger partial charge in [-0.1, -0.05) is 27.7 Å². The fourth-order valence-electron chi connectivity index (χ4n) is 2.23. The van der Waals surface area contributed by atoms with Crippen LogP contribution in [0.5, 0.6) is 5.75 Å². The standard InChI is InChI=1S/C16H25NO3/c1-11(2)9-17(10-12(3)4)15-8-13(20-5)6-7-14(15)16(18)19/h6-8,11-12H,9-10H2,1-5H3,(H,18,19). The molecule has 0 amide bonds. The molecule has 20 heavy (non-hydrogen) atoms. The van der Waals surface area contributed by atoms with Gasteiger partial charge >= 0.3 is 5.97 Å². The molecule has 1 rings (SSSR count). The third kappa shape index (κ3) is 4.44. The van der Waals surface area contributed by atoms with Gasteiger partial charge in [-0.25, -0.2) is 4.79 Å². The van der Waals surface area contributed by atoms with Gasteiger partial charge < -0.3 is 14.7 Å². The molecule has 1 aromatic rings. The largest absolute Gasteiger partial charge is 0.497 e. The summed E-state index contributed by atoms with van der Waals surface area (Å²) in [5, 5.41) is 9.38. The average molecular weight is 279 g/mol. The van der Waals surface area contributed by atoms with Crippen molar-refractivity contribution in [2.75, 3.05) is 25.1 Å². The molecule has 0 saturated heterocycles. The first kappa shape index (κ1) is 16.3. The van der Waals surface area contributed by atoms with E-state index in [1.807, 2.05) is 6.07 Å². The summed E-state index contributed by atoms with van der Waals surface area (Å²) in [5.41, 5.74) is 1.06. The van der Waals surface area contributed by atoms with Crippen LogP contribution >= 0.6 is 0 Å². The van der Waals surface area contributed by atoms with Crippen molar-refractivity contribution in [2.45, 2.75) is 27.7 Å². The molecule has 4 nitrogen and oxygen atoms in total. The molecule has 0 spiro atoms. The minimum absolute atomic E-state index is 0.326. The highest BCUT2D eigenvalue weighted by atomic mass is 16.5. The van der Waals surface area contributed by atoms with E-state index in [9.17, 15) is 9.90 Å². The summed E-state index contributed by atoms with van der Waals surface area (Å²) >= 11 is 0. The maximum absolute atomic E-state index is 11.4. The first-order valence-electron chi connectivity index (χ1n) is 7.01. The summed E-state index contributed by atoms with van der Waals surface area (Å²) in [5.74, 6) is 0.700. The van der Waals surface area contributed by atoms with E-state index in [0.29, 0.717) is 23.1 Å². The predicted octanol–water partition coefficient (Wildman–Crippen LogP) is 3.51. The number of hydrogen-bond acceptors (Lipinski definition) is 3. The zero-order valence-electron chi connectivity index (χ0n) is 13.0. The Morgan fingerprint density at radius 1 is 1.20 bits per heavy atom. The quantitative estimate of drug-likeness (QED) is 0.829. The van der Waals surface area contributed by atoms with Gasteiger partial charge in [-0.05, 0) is 24.0 Å². The Bertz CT molecular complexity index is 445. The van der Waals surface area contributed by atoms with Crippen LogP contribution in [0.3, 0.4) is 0 Å². The molecule has 0 bridgehead atoms. The van der Waals surface area contributed by atoms with Gasteiger partial charge in [0, 0.05) is 19.2 Å². The van der Waals surface area contributed by atoms with Crippen LogP contribution in [0.15, 0.2) is 18.2 Å². The van der Waals surface area contributed by atoms with Gasteiger partial charge in [0.15, 0.2) is 0 Å². The van der Waals surface area contributed by atoms with Crippen molar-refractivity contribution in [1.82, 2.24) is 0 Å². The summed E-state index contributed by atoms with van der Waals surface area (Å²) in [6, 6.07) is 5.12. The topological polar surface area (TPSA) is 49.8 Å². The molecular formula is C16H25NO3. The van der Waals surface area contributed by atoms with Crippen LogP contribution in [0, 0.1) is 11.8 Å². The Morgan fingerprint density at radius 3 is 2.15 bits per heavy atom. The van der Waals surface area contributed by atoms with Crippen molar-refractivity contribution in [3.05, 3.63) is 23.8 Å². The monoisotopic (exact) mass is 279 g/mol. The van der Waals surface area contributed by atoms with Gasteiger partial charge in [-0.2, -0.15) is 0 Å². The van der Waals surface area contributed by atoms with Crippen LogP contribution in [0.1, 0.15) is 38.1 Å². The molecular weight excluding hydrogens is 254 g/mol. The van der Waals surface area contributed by atoms with Crippen molar-refractivity contribution in [3.8, 4) is 5.75 Å². The summed E-state index contributed by atoms with van der Waals surface area (Å²) in [4.78, 5) is 13.6. The number of nitrogens with zero attached hydrogens (tertiary/aromatic N) is 1. The molecule has 0 fully saturated rings. The number of hydrogen-bond donors (Lipinski definition) is 1. The van der Waals surface area contributed by atoms with Crippen LogP contribution in [0.25, 0.3) is 0 Å². The maximum atomic E-state index is 11.4. The number of aromatic carboxylic acids is 1. The molecule has 1 aromatic carbocycles. The smallest absolute Gasteiger partial charge is 0.337 e. The first-order chi connectivity index (χ1) is 9.35. The molecule has 1 N–H and O–H groups in total. The average Bonchev–Trinajstić information content (AvgIpc) is 2.36. The van der Waals surface area contributed by atoms with Crippen molar-refractivity contribution in [1.29, 1.82) is 0 Å². The van der Waals surface area contributed by atoms with E-state index in [-0.39, 0.29) is 0 Å². The number of benzene rings is 1. The number of rotatable bonds is 7. The number of carboxylic acids is 1. The Morgan fingerprint density at radius 2 is 1.75 bits per heavy atom. The Labute approximate surface area is 121 Å². The van der Waals surface area contributed by atoms with Crippen molar-refractivity contribution >= 4 is 11.7 Å². The van der Waals surface area contributed by atoms with E-state index in [4.69, 9.17) is 4.74 Å². The second kappa shape index (κ2) is 7.17. The van der Waals surface area contributed by atoms with E-state index in [1.165, 1.54) is 0 Å². The van der Waals surface area contributed by atoms with Crippen LogP contribution in [0.4, 0.5) is 5.69 Å². The Kier molecular flexibility index (Phi) is 5.86. The molecule has 0 heterocycles. The minimum Gasteiger partial charge on any atom is -0.497 e. The van der Waals surface area contributed by atoms with Crippen LogP contribution in [-0.2, 0) is 0 Å². The molecule has 0 atom stereocenters. The fraction of sp³-hybridized carbons (Fsp3) is 0.562. The molecule has 0 saturated carbocycles. The van der Waals surface area contributed by atoms with Gasteiger partial charge in [0.2, 0.25) is 0 Å². The van der Waals surface area contributed by atoms with Gasteiger partial charge in [0.1, 0.15) is 5.75 Å². The third-order valence-electron chi connectivity index (χ3n) is 2.95. The molecule has 0 aliphatic carbocycles. The van der Waals surface area contributed by atoms with Gasteiger partial charge in [-0.15, -0.1) is 0 Å². The van der Waals surface area contributed by atoms with Crippen molar-refractivity contribution < 1.29 is 14.6 Å². The van der Waals surface area contributed by atoms with E-state index in [2.05, 4.69) is 32.6 Å². The summed E-state index contributed by atoms with van der Waals surface area (Å²) < 4.78 is 5.23. The first-order valence-corrected chi connectivity index (χ1v) is 7.01. The lowest BCUT2D eigenvalue weighted by molar-refractivity contribution is 0.0697. The van der Waals surface area contributed by atoms with E-state index < -0.39 is 5.97 Å². The highest BCUT2D eigenvalue weighted by Gasteiger charge is 2.18. The lowest BCUT2D eigenvalue weighted by Gasteiger charge is -2.30. The molecule has 0 unspecified atom stereocenters. The van der Waals surface area contributed by atoms with Crippen molar-refractivity contribution in [3.63, 3.8) is 0 Å². The van der Waals surface area contributed by atoms with Gasteiger partial charge in [0.25, 0.3) is 0 Å². The molecule has 0 aromatic heterocycles. The molecule has 0 aliphatic rings. The number of carboxylic acid groups (broad SMARTS) is 1. The normalized spacial score (nSPS) is 10.9. The van der Waals surface area contributed by atoms with E-state index >= 15 is 0 Å². The molecule has 0 aliphatic heterocycles.